The zero-order chi connectivity index (χ0) is 15.5. The number of nitrogens with one attached hydrogen (secondary N) is 2. The number of hydrogen-bond donors (Lipinski definition) is 3. The van der Waals surface area contributed by atoms with Crippen molar-refractivity contribution in [3.05, 3.63) is 29.6 Å². The standard InChI is InChI=1S/C14H21N3O3S/c1-21-8-4-2-3-7-15-14(20)17-10-11-5-6-12(13(18)19)16-9-11/h5-6,9H,2-4,7-8,10H2,1H3,(H,18,19)(H2,15,17,20). The van der Waals surface area contributed by atoms with E-state index >= 15 is 0 Å². The Morgan fingerprint density at radius 1 is 1.24 bits per heavy atom. The molecule has 0 bridgehead atoms. The number of urea groups is 1. The normalized spacial score (nSPS) is 10.1. The van der Waals surface area contributed by atoms with E-state index in [0.29, 0.717) is 13.1 Å². The molecule has 1 aromatic rings. The van der Waals surface area contributed by atoms with Crippen molar-refractivity contribution in [3.8, 4) is 0 Å². The average Bonchev–Trinajstić information content (AvgIpc) is 2.49. The van der Waals surface area contributed by atoms with Crippen LogP contribution in [0.5, 0.6) is 0 Å². The van der Waals surface area contributed by atoms with Crippen molar-refractivity contribution in [1.82, 2.24) is 15.6 Å². The fraction of sp³-hybridized carbons (Fsp3) is 0.500. The van der Waals surface area contributed by atoms with Crippen LogP contribution in [0.1, 0.15) is 35.3 Å². The summed E-state index contributed by atoms with van der Waals surface area (Å²) < 4.78 is 0. The Morgan fingerprint density at radius 3 is 2.67 bits per heavy atom. The summed E-state index contributed by atoms with van der Waals surface area (Å²) >= 11 is 1.83. The van der Waals surface area contributed by atoms with Crippen LogP contribution in [0.2, 0.25) is 0 Å². The summed E-state index contributed by atoms with van der Waals surface area (Å²) in [7, 11) is 0. The van der Waals surface area contributed by atoms with E-state index in [2.05, 4.69) is 21.9 Å². The summed E-state index contributed by atoms with van der Waals surface area (Å²) in [4.78, 5) is 26.0. The first-order chi connectivity index (χ1) is 10.1. The summed E-state index contributed by atoms with van der Waals surface area (Å²) in [6, 6.07) is 2.84. The predicted molar refractivity (Wildman–Crippen MR) is 83.7 cm³/mol. The minimum atomic E-state index is -1.06. The maximum Gasteiger partial charge on any atom is 0.354 e. The highest BCUT2D eigenvalue weighted by Crippen LogP contribution is 2.01. The van der Waals surface area contributed by atoms with Gasteiger partial charge in [0.05, 0.1) is 0 Å². The quantitative estimate of drug-likeness (QED) is 0.608. The lowest BCUT2D eigenvalue weighted by Gasteiger charge is -2.07. The van der Waals surface area contributed by atoms with Gasteiger partial charge < -0.3 is 15.7 Å². The van der Waals surface area contributed by atoms with E-state index in [0.717, 1.165) is 24.2 Å². The molecule has 0 spiro atoms. The largest absolute Gasteiger partial charge is 0.477 e. The Morgan fingerprint density at radius 2 is 2.05 bits per heavy atom. The number of carbonyl (C=O) groups excluding carboxylic acids is 1. The van der Waals surface area contributed by atoms with Crippen molar-refractivity contribution in [1.29, 1.82) is 0 Å². The second-order valence-electron chi connectivity index (χ2n) is 4.52. The molecule has 0 unspecified atom stereocenters. The van der Waals surface area contributed by atoms with Gasteiger partial charge in [0.15, 0.2) is 0 Å². The van der Waals surface area contributed by atoms with Crippen LogP contribution in [0.25, 0.3) is 0 Å². The van der Waals surface area contributed by atoms with E-state index in [-0.39, 0.29) is 11.7 Å². The van der Waals surface area contributed by atoms with E-state index in [1.54, 1.807) is 6.07 Å². The maximum atomic E-state index is 11.5. The lowest BCUT2D eigenvalue weighted by molar-refractivity contribution is 0.0690. The lowest BCUT2D eigenvalue weighted by Crippen LogP contribution is -2.35. The molecule has 1 heterocycles. The number of thioether (sulfide) groups is 1. The van der Waals surface area contributed by atoms with Crippen LogP contribution in [0.4, 0.5) is 4.79 Å². The minimum Gasteiger partial charge on any atom is -0.477 e. The van der Waals surface area contributed by atoms with Crippen LogP contribution in [0.15, 0.2) is 18.3 Å². The number of carbonyl (C=O) groups is 2. The first-order valence-electron chi connectivity index (χ1n) is 6.82. The zero-order valence-corrected chi connectivity index (χ0v) is 12.9. The molecular weight excluding hydrogens is 290 g/mol. The van der Waals surface area contributed by atoms with Crippen LogP contribution in [0, 0.1) is 0 Å². The molecule has 21 heavy (non-hydrogen) atoms. The van der Waals surface area contributed by atoms with Gasteiger partial charge in [-0.1, -0.05) is 12.5 Å². The number of aromatic nitrogens is 1. The first kappa shape index (κ1) is 17.3. The summed E-state index contributed by atoms with van der Waals surface area (Å²) in [6.07, 6.45) is 6.80. The van der Waals surface area contributed by atoms with Gasteiger partial charge in [-0.15, -0.1) is 0 Å². The number of carboxylic acid groups (broad SMARTS) is 1. The molecular formula is C14H21N3O3S. The van der Waals surface area contributed by atoms with Crippen LogP contribution >= 0.6 is 11.8 Å². The summed E-state index contributed by atoms with van der Waals surface area (Å²) in [5.41, 5.74) is 0.753. The fourth-order valence-corrected chi connectivity index (χ4v) is 2.14. The minimum absolute atomic E-state index is 0.00607. The van der Waals surface area contributed by atoms with Crippen LogP contribution in [-0.4, -0.2) is 40.6 Å². The monoisotopic (exact) mass is 311 g/mol. The Kier molecular flexibility index (Phi) is 8.27. The highest BCUT2D eigenvalue weighted by atomic mass is 32.2. The average molecular weight is 311 g/mol. The van der Waals surface area contributed by atoms with Crippen molar-refractivity contribution in [2.24, 2.45) is 0 Å². The van der Waals surface area contributed by atoms with Gasteiger partial charge in [-0.05, 0) is 36.5 Å². The maximum absolute atomic E-state index is 11.5. The van der Waals surface area contributed by atoms with Crippen molar-refractivity contribution in [2.45, 2.75) is 25.8 Å². The van der Waals surface area contributed by atoms with E-state index in [9.17, 15) is 9.59 Å². The molecule has 0 aliphatic heterocycles. The van der Waals surface area contributed by atoms with Crippen molar-refractivity contribution in [2.75, 3.05) is 18.6 Å². The molecule has 0 radical (unpaired) electrons. The third kappa shape index (κ3) is 7.55. The number of pyridine rings is 1. The number of amides is 2. The molecule has 0 aliphatic rings. The van der Waals surface area contributed by atoms with Crippen molar-refractivity contribution in [3.63, 3.8) is 0 Å². The van der Waals surface area contributed by atoms with Gasteiger partial charge in [0.1, 0.15) is 5.69 Å². The van der Waals surface area contributed by atoms with Crippen molar-refractivity contribution >= 4 is 23.8 Å². The molecule has 0 aliphatic carbocycles. The SMILES string of the molecule is CSCCCCCNC(=O)NCc1ccc(C(=O)O)nc1. The molecule has 2 amide bonds. The second-order valence-corrected chi connectivity index (χ2v) is 5.51. The Hall–Kier alpha value is -1.76. The van der Waals surface area contributed by atoms with E-state index in [1.165, 1.54) is 18.7 Å². The summed E-state index contributed by atoms with van der Waals surface area (Å²) in [6.45, 7) is 0.988. The van der Waals surface area contributed by atoms with Gasteiger partial charge in [-0.3, -0.25) is 0 Å². The van der Waals surface area contributed by atoms with E-state index in [1.807, 2.05) is 11.8 Å². The number of rotatable bonds is 9. The van der Waals surface area contributed by atoms with Gasteiger partial charge >= 0.3 is 12.0 Å². The number of hydrogen-bond acceptors (Lipinski definition) is 4. The molecule has 0 saturated carbocycles. The molecule has 7 heteroatoms. The molecule has 0 atom stereocenters. The van der Waals surface area contributed by atoms with Gasteiger partial charge in [-0.25, -0.2) is 14.6 Å². The summed E-state index contributed by atoms with van der Waals surface area (Å²) in [5, 5.41) is 14.2. The molecule has 1 aromatic heterocycles. The second kappa shape index (κ2) is 10.0. The Balaban J connectivity index is 2.16. The smallest absolute Gasteiger partial charge is 0.354 e. The summed E-state index contributed by atoms with van der Waals surface area (Å²) in [5.74, 6) is 0.0969. The first-order valence-corrected chi connectivity index (χ1v) is 8.21. The molecule has 3 N–H and O–H groups in total. The predicted octanol–water partition coefficient (Wildman–Crippen LogP) is 2.11. The molecule has 1 rings (SSSR count). The van der Waals surface area contributed by atoms with Crippen LogP contribution < -0.4 is 10.6 Å². The number of nitrogens with zero attached hydrogens (tertiary/aromatic N) is 1. The van der Waals surface area contributed by atoms with Crippen molar-refractivity contribution < 1.29 is 14.7 Å². The van der Waals surface area contributed by atoms with Crippen LogP contribution in [-0.2, 0) is 6.54 Å². The third-order valence-corrected chi connectivity index (χ3v) is 3.50. The topological polar surface area (TPSA) is 91.3 Å². The lowest BCUT2D eigenvalue weighted by atomic mass is 10.2. The fourth-order valence-electron chi connectivity index (χ4n) is 1.65. The Bertz CT molecular complexity index is 451. The molecule has 116 valence electrons. The van der Waals surface area contributed by atoms with Gasteiger partial charge in [0.25, 0.3) is 0 Å². The third-order valence-electron chi connectivity index (χ3n) is 2.81. The zero-order valence-electron chi connectivity index (χ0n) is 12.1. The molecule has 0 fully saturated rings. The Labute approximate surface area is 128 Å². The van der Waals surface area contributed by atoms with Crippen LogP contribution in [0.3, 0.4) is 0 Å². The van der Waals surface area contributed by atoms with Gasteiger partial charge in [0, 0.05) is 19.3 Å². The van der Waals surface area contributed by atoms with Gasteiger partial charge in [0.2, 0.25) is 0 Å². The molecule has 6 nitrogen and oxygen atoms in total. The number of carboxylic acids is 1. The molecule has 0 saturated heterocycles. The highest BCUT2D eigenvalue weighted by molar-refractivity contribution is 7.98. The van der Waals surface area contributed by atoms with Gasteiger partial charge in [-0.2, -0.15) is 11.8 Å². The van der Waals surface area contributed by atoms with E-state index < -0.39 is 5.97 Å². The number of unbranched alkanes of at least 4 members (excludes halogenated alkanes) is 2. The van der Waals surface area contributed by atoms with E-state index in [4.69, 9.17) is 5.11 Å². The molecule has 0 aromatic carbocycles. The highest BCUT2D eigenvalue weighted by Gasteiger charge is 2.04. The number of aromatic carboxylic acids is 1.